The maximum absolute atomic E-state index is 14.4. The molecule has 0 radical (unpaired) electrons. The van der Waals surface area contributed by atoms with E-state index in [0.717, 1.165) is 6.07 Å². The quantitative estimate of drug-likeness (QED) is 0.598. The maximum Gasteiger partial charge on any atom is 0.407 e. The minimum absolute atomic E-state index is 0.0407. The van der Waals surface area contributed by atoms with Gasteiger partial charge in [0.05, 0.1) is 11.6 Å². The van der Waals surface area contributed by atoms with Crippen molar-refractivity contribution in [2.75, 3.05) is 23.7 Å². The Labute approximate surface area is 174 Å². The number of piperidine rings is 1. The fourth-order valence-corrected chi connectivity index (χ4v) is 3.37. The lowest BCUT2D eigenvalue weighted by Crippen LogP contribution is -2.43. The van der Waals surface area contributed by atoms with E-state index in [4.69, 9.17) is 5.11 Å². The number of nitrogens with one attached hydrogen (secondary N) is 2. The van der Waals surface area contributed by atoms with E-state index in [2.05, 4.69) is 31.5 Å². The molecule has 0 spiro atoms. The van der Waals surface area contributed by atoms with Gasteiger partial charge in [-0.15, -0.1) is 0 Å². The summed E-state index contributed by atoms with van der Waals surface area (Å²) in [5, 5.41) is 14.1. The monoisotopic (exact) mass is 464 g/mol. The molecule has 3 rings (SSSR count). The normalized spacial score (nSPS) is 16.2. The van der Waals surface area contributed by atoms with Gasteiger partial charge in [-0.25, -0.2) is 14.2 Å². The number of halogens is 2. The zero-order valence-electron chi connectivity index (χ0n) is 15.2. The number of aromatic nitrogens is 1. The summed E-state index contributed by atoms with van der Waals surface area (Å²) in [5.41, 5.74) is 0.334. The number of hydrogen-bond acceptors (Lipinski definition) is 4. The van der Waals surface area contributed by atoms with Crippen LogP contribution in [0.1, 0.15) is 23.3 Å². The summed E-state index contributed by atoms with van der Waals surface area (Å²) in [7, 11) is 0. The number of amides is 3. The van der Waals surface area contributed by atoms with Crippen LogP contribution in [-0.2, 0) is 4.79 Å². The van der Waals surface area contributed by atoms with Gasteiger partial charge in [0.2, 0.25) is 5.91 Å². The van der Waals surface area contributed by atoms with Crippen LogP contribution in [0.2, 0.25) is 0 Å². The molecule has 1 fully saturated rings. The van der Waals surface area contributed by atoms with Gasteiger partial charge in [0, 0.05) is 18.8 Å². The Morgan fingerprint density at radius 1 is 1.21 bits per heavy atom. The van der Waals surface area contributed by atoms with Gasteiger partial charge in [-0.05, 0) is 59.1 Å². The van der Waals surface area contributed by atoms with Gasteiger partial charge >= 0.3 is 6.09 Å². The van der Waals surface area contributed by atoms with Crippen LogP contribution in [0.5, 0.6) is 0 Å². The van der Waals surface area contributed by atoms with Gasteiger partial charge in [-0.1, -0.05) is 6.07 Å². The number of carbonyl (C=O) groups is 3. The van der Waals surface area contributed by atoms with Crippen molar-refractivity contribution in [1.82, 2.24) is 9.88 Å². The lowest BCUT2D eigenvalue weighted by molar-refractivity contribution is -0.121. The van der Waals surface area contributed by atoms with Crippen LogP contribution in [0.3, 0.4) is 0 Å². The first kappa shape index (κ1) is 20.7. The average Bonchev–Trinajstić information content (AvgIpc) is 2.70. The molecule has 3 amide bonds. The fourth-order valence-electron chi connectivity index (χ4n) is 3.02. The molecule has 2 heterocycles. The van der Waals surface area contributed by atoms with Crippen molar-refractivity contribution in [2.45, 2.75) is 12.8 Å². The Balaban J connectivity index is 1.64. The molecule has 8 nitrogen and oxygen atoms in total. The van der Waals surface area contributed by atoms with Crippen molar-refractivity contribution in [3.8, 4) is 0 Å². The molecule has 3 N–H and O–H groups in total. The summed E-state index contributed by atoms with van der Waals surface area (Å²) in [6, 6.07) is 8.75. The van der Waals surface area contributed by atoms with E-state index in [9.17, 15) is 18.8 Å². The molecule has 1 atom stereocenters. The van der Waals surface area contributed by atoms with Crippen molar-refractivity contribution in [3.63, 3.8) is 0 Å². The van der Waals surface area contributed by atoms with Crippen LogP contribution < -0.4 is 10.6 Å². The highest BCUT2D eigenvalue weighted by atomic mass is 79.9. The van der Waals surface area contributed by atoms with E-state index in [1.54, 1.807) is 12.1 Å². The molecule has 29 heavy (non-hydrogen) atoms. The van der Waals surface area contributed by atoms with E-state index in [-0.39, 0.29) is 23.6 Å². The molecule has 0 aliphatic carbocycles. The SMILES string of the molecule is O=C(Nc1ccc(NC(=O)C2CCCN(C(=O)O)C2)c(F)c1)c1cccc(Br)n1. The number of pyridine rings is 1. The highest BCUT2D eigenvalue weighted by Crippen LogP contribution is 2.23. The van der Waals surface area contributed by atoms with Gasteiger partial charge in [0.15, 0.2) is 0 Å². The topological polar surface area (TPSA) is 112 Å². The molecule has 0 bridgehead atoms. The van der Waals surface area contributed by atoms with Crippen molar-refractivity contribution in [2.24, 2.45) is 5.92 Å². The number of anilines is 2. The average molecular weight is 465 g/mol. The van der Waals surface area contributed by atoms with Gasteiger partial charge < -0.3 is 20.6 Å². The lowest BCUT2D eigenvalue weighted by Gasteiger charge is -2.29. The second-order valence-electron chi connectivity index (χ2n) is 6.55. The molecule has 1 aliphatic heterocycles. The Morgan fingerprint density at radius 3 is 2.69 bits per heavy atom. The van der Waals surface area contributed by atoms with Crippen LogP contribution in [0.15, 0.2) is 41.0 Å². The first-order valence-corrected chi connectivity index (χ1v) is 9.65. The summed E-state index contributed by atoms with van der Waals surface area (Å²) in [6.07, 6.45) is 0.0284. The van der Waals surface area contributed by atoms with Crippen LogP contribution in [-0.4, -0.2) is 46.0 Å². The Bertz CT molecular complexity index is 956. The minimum Gasteiger partial charge on any atom is -0.465 e. The highest BCUT2D eigenvalue weighted by molar-refractivity contribution is 9.10. The molecule has 10 heteroatoms. The first-order valence-electron chi connectivity index (χ1n) is 8.85. The summed E-state index contributed by atoms with van der Waals surface area (Å²) >= 11 is 3.18. The van der Waals surface area contributed by atoms with Crippen LogP contribution in [0.4, 0.5) is 20.6 Å². The van der Waals surface area contributed by atoms with Crippen molar-refractivity contribution in [1.29, 1.82) is 0 Å². The zero-order chi connectivity index (χ0) is 21.0. The van der Waals surface area contributed by atoms with Crippen molar-refractivity contribution < 1.29 is 23.9 Å². The summed E-state index contributed by atoms with van der Waals surface area (Å²) < 4.78 is 14.9. The third-order valence-electron chi connectivity index (χ3n) is 4.50. The van der Waals surface area contributed by atoms with Crippen molar-refractivity contribution in [3.05, 3.63) is 52.5 Å². The van der Waals surface area contributed by atoms with Gasteiger partial charge in [0.25, 0.3) is 5.91 Å². The second kappa shape index (κ2) is 8.99. The van der Waals surface area contributed by atoms with E-state index in [1.165, 1.54) is 23.1 Å². The smallest absolute Gasteiger partial charge is 0.407 e. The standard InChI is InChI=1S/C19H18BrFN4O4/c20-16-5-1-4-15(23-16)18(27)22-12-6-7-14(13(21)9-12)24-17(26)11-3-2-8-25(10-11)19(28)29/h1,4-7,9,11H,2-3,8,10H2,(H,22,27)(H,24,26)(H,28,29). The fraction of sp³-hybridized carbons (Fsp3) is 0.263. The summed E-state index contributed by atoms with van der Waals surface area (Å²) in [6.45, 7) is 0.464. The molecule has 2 aromatic rings. The zero-order valence-corrected chi connectivity index (χ0v) is 16.8. The molecule has 1 aliphatic rings. The van der Waals surface area contributed by atoms with E-state index in [1.807, 2.05) is 0 Å². The second-order valence-corrected chi connectivity index (χ2v) is 7.36. The molecule has 1 aromatic carbocycles. The van der Waals surface area contributed by atoms with E-state index in [0.29, 0.717) is 24.0 Å². The molecule has 1 aromatic heterocycles. The van der Waals surface area contributed by atoms with E-state index >= 15 is 0 Å². The molecular formula is C19H18BrFN4O4. The maximum atomic E-state index is 14.4. The largest absolute Gasteiger partial charge is 0.465 e. The number of nitrogens with zero attached hydrogens (tertiary/aromatic N) is 2. The Hall–Kier alpha value is -3.01. The Kier molecular flexibility index (Phi) is 6.42. The van der Waals surface area contributed by atoms with Gasteiger partial charge in [-0.2, -0.15) is 0 Å². The third kappa shape index (κ3) is 5.29. The minimum atomic E-state index is -1.08. The van der Waals surface area contributed by atoms with Crippen LogP contribution in [0, 0.1) is 11.7 Å². The lowest BCUT2D eigenvalue weighted by atomic mass is 9.97. The number of benzene rings is 1. The molecule has 0 saturated carbocycles. The third-order valence-corrected chi connectivity index (χ3v) is 4.94. The summed E-state index contributed by atoms with van der Waals surface area (Å²) in [5.74, 6) is -2.20. The highest BCUT2D eigenvalue weighted by Gasteiger charge is 2.28. The molecule has 152 valence electrons. The predicted octanol–water partition coefficient (Wildman–Crippen LogP) is 3.56. The number of carboxylic acid groups (broad SMARTS) is 1. The number of likely N-dealkylation sites (tertiary alicyclic amines) is 1. The summed E-state index contributed by atoms with van der Waals surface area (Å²) in [4.78, 5) is 40.9. The first-order chi connectivity index (χ1) is 13.8. The Morgan fingerprint density at radius 2 is 2.00 bits per heavy atom. The van der Waals surface area contributed by atoms with Crippen LogP contribution in [0.25, 0.3) is 0 Å². The van der Waals surface area contributed by atoms with E-state index < -0.39 is 29.6 Å². The molecular weight excluding hydrogens is 447 g/mol. The van der Waals surface area contributed by atoms with Gasteiger partial charge in [-0.3, -0.25) is 9.59 Å². The van der Waals surface area contributed by atoms with Crippen molar-refractivity contribution >= 4 is 45.2 Å². The number of carbonyl (C=O) groups excluding carboxylic acids is 2. The number of hydrogen-bond donors (Lipinski definition) is 3. The number of rotatable bonds is 4. The molecule has 1 saturated heterocycles. The molecule has 1 unspecified atom stereocenters. The van der Waals surface area contributed by atoms with Gasteiger partial charge in [0.1, 0.15) is 16.1 Å². The van der Waals surface area contributed by atoms with Crippen LogP contribution >= 0.6 is 15.9 Å². The predicted molar refractivity (Wildman–Crippen MR) is 107 cm³/mol.